The molecule has 1 amide bonds. The van der Waals surface area contributed by atoms with Gasteiger partial charge in [-0.05, 0) is 48.9 Å². The van der Waals surface area contributed by atoms with Gasteiger partial charge < -0.3 is 15.4 Å². The standard InChI is InChI=1S/C25H24N4O3/c1-2-32-20-14-12-19(13-15-20)27-23(30)17-29-22-11-7-6-10-21(22)24(28-25(29)31)26-16-18-8-4-3-5-9-18/h3-15H,2,16-17H2,1H3,(H,27,30)(H,26,28,31). The van der Waals surface area contributed by atoms with Crippen LogP contribution in [0, 0.1) is 0 Å². The lowest BCUT2D eigenvalue weighted by Gasteiger charge is -2.14. The Morgan fingerprint density at radius 3 is 2.44 bits per heavy atom. The third-order valence-corrected chi connectivity index (χ3v) is 4.94. The molecule has 0 fully saturated rings. The summed E-state index contributed by atoms with van der Waals surface area (Å²) in [5, 5.41) is 6.83. The lowest BCUT2D eigenvalue weighted by Crippen LogP contribution is -2.30. The Hall–Kier alpha value is -4.13. The monoisotopic (exact) mass is 428 g/mol. The number of para-hydroxylation sites is 1. The number of hydrogen-bond donors (Lipinski definition) is 2. The summed E-state index contributed by atoms with van der Waals surface area (Å²) in [7, 11) is 0. The third-order valence-electron chi connectivity index (χ3n) is 4.94. The van der Waals surface area contributed by atoms with E-state index in [1.807, 2.05) is 61.5 Å². The van der Waals surface area contributed by atoms with Crippen molar-refractivity contribution in [2.45, 2.75) is 20.0 Å². The molecule has 7 nitrogen and oxygen atoms in total. The van der Waals surface area contributed by atoms with Crippen LogP contribution in [0.3, 0.4) is 0 Å². The molecule has 0 saturated heterocycles. The number of ether oxygens (including phenoxy) is 1. The Kier molecular flexibility index (Phi) is 6.46. The van der Waals surface area contributed by atoms with Crippen LogP contribution in [0.4, 0.5) is 11.5 Å². The largest absolute Gasteiger partial charge is 0.494 e. The van der Waals surface area contributed by atoms with Gasteiger partial charge in [0.1, 0.15) is 18.1 Å². The Balaban J connectivity index is 1.54. The van der Waals surface area contributed by atoms with E-state index in [0.29, 0.717) is 30.2 Å². The molecule has 4 aromatic rings. The van der Waals surface area contributed by atoms with Crippen LogP contribution in [0.5, 0.6) is 5.75 Å². The number of aromatic nitrogens is 2. The second kappa shape index (κ2) is 9.78. The lowest BCUT2D eigenvalue weighted by molar-refractivity contribution is -0.116. The van der Waals surface area contributed by atoms with E-state index < -0.39 is 5.69 Å². The van der Waals surface area contributed by atoms with Gasteiger partial charge in [-0.1, -0.05) is 42.5 Å². The number of anilines is 2. The SMILES string of the molecule is CCOc1ccc(NC(=O)Cn2c(=O)nc(NCc3ccccc3)c3ccccc32)cc1. The van der Waals surface area contributed by atoms with Crippen molar-refractivity contribution in [3.8, 4) is 5.75 Å². The summed E-state index contributed by atoms with van der Waals surface area (Å²) in [5.74, 6) is 0.918. The molecule has 162 valence electrons. The molecule has 0 saturated carbocycles. The zero-order valence-electron chi connectivity index (χ0n) is 17.7. The smallest absolute Gasteiger partial charge is 0.350 e. The molecule has 0 aliphatic carbocycles. The summed E-state index contributed by atoms with van der Waals surface area (Å²) in [6.45, 7) is 2.89. The molecule has 0 spiro atoms. The number of benzene rings is 3. The predicted octanol–water partition coefficient (Wildman–Crippen LogP) is 4.05. The number of nitrogens with one attached hydrogen (secondary N) is 2. The van der Waals surface area contributed by atoms with Gasteiger partial charge in [0.2, 0.25) is 5.91 Å². The number of carbonyl (C=O) groups is 1. The van der Waals surface area contributed by atoms with Crippen LogP contribution >= 0.6 is 0 Å². The summed E-state index contributed by atoms with van der Waals surface area (Å²) in [5.41, 5.74) is 1.87. The van der Waals surface area contributed by atoms with E-state index in [9.17, 15) is 9.59 Å². The zero-order valence-corrected chi connectivity index (χ0v) is 17.7. The van der Waals surface area contributed by atoms with Gasteiger partial charge in [0.05, 0.1) is 12.1 Å². The molecule has 0 aliphatic rings. The highest BCUT2D eigenvalue weighted by Crippen LogP contribution is 2.20. The first-order valence-corrected chi connectivity index (χ1v) is 10.4. The molecular formula is C25H24N4O3. The number of rotatable bonds is 8. The average molecular weight is 428 g/mol. The van der Waals surface area contributed by atoms with Crippen LogP contribution in [-0.4, -0.2) is 22.1 Å². The fourth-order valence-corrected chi connectivity index (χ4v) is 3.44. The molecule has 0 bridgehead atoms. The van der Waals surface area contributed by atoms with Gasteiger partial charge in [-0.25, -0.2) is 4.79 Å². The average Bonchev–Trinajstić information content (AvgIpc) is 2.82. The molecule has 0 radical (unpaired) electrons. The summed E-state index contributed by atoms with van der Waals surface area (Å²) in [6.07, 6.45) is 0. The molecule has 2 N–H and O–H groups in total. The van der Waals surface area contributed by atoms with Gasteiger partial charge in [-0.15, -0.1) is 0 Å². The highest BCUT2D eigenvalue weighted by atomic mass is 16.5. The molecule has 32 heavy (non-hydrogen) atoms. The van der Waals surface area contributed by atoms with Crippen molar-refractivity contribution in [2.24, 2.45) is 0 Å². The molecule has 3 aromatic carbocycles. The third kappa shape index (κ3) is 4.95. The van der Waals surface area contributed by atoms with Gasteiger partial charge in [-0.3, -0.25) is 9.36 Å². The Bertz CT molecular complexity index is 1270. The van der Waals surface area contributed by atoms with Crippen molar-refractivity contribution in [3.63, 3.8) is 0 Å². The second-order valence-electron chi connectivity index (χ2n) is 7.19. The van der Waals surface area contributed by atoms with Gasteiger partial charge in [0.15, 0.2) is 0 Å². The molecule has 7 heteroatoms. The maximum absolute atomic E-state index is 12.8. The fourth-order valence-electron chi connectivity index (χ4n) is 3.44. The minimum Gasteiger partial charge on any atom is -0.494 e. The van der Waals surface area contributed by atoms with Crippen molar-refractivity contribution in [3.05, 3.63) is 94.9 Å². The predicted molar refractivity (Wildman–Crippen MR) is 126 cm³/mol. The number of fused-ring (bicyclic) bond motifs is 1. The van der Waals surface area contributed by atoms with Gasteiger partial charge >= 0.3 is 5.69 Å². The summed E-state index contributed by atoms with van der Waals surface area (Å²) in [4.78, 5) is 29.6. The number of amides is 1. The number of carbonyl (C=O) groups excluding carboxylic acids is 1. The maximum atomic E-state index is 12.8. The van der Waals surface area contributed by atoms with Crippen LogP contribution in [0.15, 0.2) is 83.7 Å². The molecule has 0 aliphatic heterocycles. The van der Waals surface area contributed by atoms with E-state index in [-0.39, 0.29) is 12.5 Å². The highest BCUT2D eigenvalue weighted by molar-refractivity contribution is 5.93. The molecule has 0 unspecified atom stereocenters. The van der Waals surface area contributed by atoms with Crippen LogP contribution < -0.4 is 21.1 Å². The zero-order chi connectivity index (χ0) is 22.3. The van der Waals surface area contributed by atoms with Gasteiger partial charge in [0.25, 0.3) is 0 Å². The first-order chi connectivity index (χ1) is 15.6. The summed E-state index contributed by atoms with van der Waals surface area (Å²) in [6, 6.07) is 24.4. The van der Waals surface area contributed by atoms with Crippen molar-refractivity contribution in [2.75, 3.05) is 17.2 Å². The van der Waals surface area contributed by atoms with Gasteiger partial charge in [-0.2, -0.15) is 4.98 Å². The minimum absolute atomic E-state index is 0.140. The van der Waals surface area contributed by atoms with Crippen LogP contribution in [0.25, 0.3) is 10.9 Å². The second-order valence-corrected chi connectivity index (χ2v) is 7.19. The quantitative estimate of drug-likeness (QED) is 0.442. The van der Waals surface area contributed by atoms with Crippen molar-refractivity contribution >= 4 is 28.3 Å². The Morgan fingerprint density at radius 1 is 0.969 bits per heavy atom. The molecule has 1 heterocycles. The maximum Gasteiger partial charge on any atom is 0.350 e. The summed E-state index contributed by atoms with van der Waals surface area (Å²) >= 11 is 0. The van der Waals surface area contributed by atoms with Crippen molar-refractivity contribution in [1.82, 2.24) is 9.55 Å². The molecule has 1 aromatic heterocycles. The fraction of sp³-hybridized carbons (Fsp3) is 0.160. The number of hydrogen-bond acceptors (Lipinski definition) is 5. The Morgan fingerprint density at radius 2 is 1.69 bits per heavy atom. The highest BCUT2D eigenvalue weighted by Gasteiger charge is 2.13. The van der Waals surface area contributed by atoms with Crippen LogP contribution in [-0.2, 0) is 17.9 Å². The molecule has 0 atom stereocenters. The molecular weight excluding hydrogens is 404 g/mol. The van der Waals surface area contributed by atoms with Crippen LogP contribution in [0.1, 0.15) is 12.5 Å². The van der Waals surface area contributed by atoms with Crippen molar-refractivity contribution < 1.29 is 9.53 Å². The summed E-state index contributed by atoms with van der Waals surface area (Å²) < 4.78 is 6.79. The lowest BCUT2D eigenvalue weighted by atomic mass is 10.2. The Labute approximate surface area is 185 Å². The van der Waals surface area contributed by atoms with E-state index in [4.69, 9.17) is 4.74 Å². The first kappa shape index (κ1) is 21.1. The number of nitrogens with zero attached hydrogens (tertiary/aromatic N) is 2. The molecule has 4 rings (SSSR count). The van der Waals surface area contributed by atoms with E-state index in [1.165, 1.54) is 4.57 Å². The van der Waals surface area contributed by atoms with Gasteiger partial charge in [0, 0.05) is 17.6 Å². The first-order valence-electron chi connectivity index (χ1n) is 10.4. The minimum atomic E-state index is -0.485. The van der Waals surface area contributed by atoms with E-state index in [2.05, 4.69) is 15.6 Å². The topological polar surface area (TPSA) is 85.2 Å². The van der Waals surface area contributed by atoms with E-state index in [1.54, 1.807) is 24.3 Å². The van der Waals surface area contributed by atoms with Crippen LogP contribution in [0.2, 0.25) is 0 Å². The van der Waals surface area contributed by atoms with E-state index >= 15 is 0 Å². The normalized spacial score (nSPS) is 10.7. The van der Waals surface area contributed by atoms with E-state index in [0.717, 1.165) is 16.7 Å². The van der Waals surface area contributed by atoms with Crippen molar-refractivity contribution in [1.29, 1.82) is 0 Å².